The Morgan fingerprint density at radius 3 is 2.29 bits per heavy atom. The Kier molecular flexibility index (Phi) is 6.56. The second-order valence-corrected chi connectivity index (χ2v) is 6.21. The van der Waals surface area contributed by atoms with Crippen LogP contribution in [0.5, 0.6) is 0 Å². The lowest BCUT2D eigenvalue weighted by molar-refractivity contribution is 0.678. The highest BCUT2D eigenvalue weighted by Crippen LogP contribution is 2.26. The first kappa shape index (κ1) is 16.4. The normalized spacial score (nSPS) is 11.0. The molecule has 2 rings (SSSR count). The molecule has 0 amide bonds. The van der Waals surface area contributed by atoms with Gasteiger partial charge in [-0.3, -0.25) is 0 Å². The second kappa shape index (κ2) is 8.43. The maximum atomic E-state index is 3.58. The molecule has 0 fully saturated rings. The highest BCUT2D eigenvalue weighted by molar-refractivity contribution is 9.08. The number of halogens is 1. The Morgan fingerprint density at radius 1 is 0.952 bits per heavy atom. The van der Waals surface area contributed by atoms with Gasteiger partial charge in [0.05, 0.1) is 0 Å². The molecule has 114 valence electrons. The van der Waals surface area contributed by atoms with Crippen LogP contribution < -0.4 is 4.90 Å². The molecule has 2 aromatic rings. The molecule has 0 saturated carbocycles. The maximum absolute atomic E-state index is 3.58. The molecule has 0 atom stereocenters. The van der Waals surface area contributed by atoms with Gasteiger partial charge in [0.1, 0.15) is 0 Å². The van der Waals surface area contributed by atoms with Gasteiger partial charge in [0.2, 0.25) is 0 Å². The van der Waals surface area contributed by atoms with Gasteiger partial charge in [-0.15, -0.1) is 0 Å². The van der Waals surface area contributed by atoms with Crippen molar-refractivity contribution in [2.75, 3.05) is 18.0 Å². The van der Waals surface area contributed by atoms with Crippen LogP contribution in [0.4, 0.5) is 5.69 Å². The largest absolute Gasteiger partial charge is 0.372 e. The molecule has 2 aromatic carbocycles. The summed E-state index contributed by atoms with van der Waals surface area (Å²) in [6.45, 7) is 6.86. The van der Waals surface area contributed by atoms with Crippen LogP contribution in [0.1, 0.15) is 45.1 Å². The summed E-state index contributed by atoms with van der Waals surface area (Å²) in [7, 11) is 0. The Bertz CT molecular complexity index is 556. The van der Waals surface area contributed by atoms with Gasteiger partial charge in [0.15, 0.2) is 0 Å². The molecule has 0 aromatic heterocycles. The van der Waals surface area contributed by atoms with E-state index in [9.17, 15) is 0 Å². The lowest BCUT2D eigenvalue weighted by Gasteiger charge is -2.25. The molecule has 0 aliphatic carbocycles. The van der Waals surface area contributed by atoms with Crippen molar-refractivity contribution in [3.8, 4) is 0 Å². The summed E-state index contributed by atoms with van der Waals surface area (Å²) in [4.78, 5) is 2.55. The summed E-state index contributed by atoms with van der Waals surface area (Å²) in [5.74, 6) is 0. The zero-order valence-electron chi connectivity index (χ0n) is 13.2. The molecule has 0 aliphatic heterocycles. The molecule has 0 heterocycles. The van der Waals surface area contributed by atoms with Crippen molar-refractivity contribution in [3.63, 3.8) is 0 Å². The minimum absolute atomic E-state index is 0.916. The van der Waals surface area contributed by atoms with Gasteiger partial charge >= 0.3 is 0 Å². The van der Waals surface area contributed by atoms with E-state index in [1.54, 1.807) is 0 Å². The summed E-state index contributed by atoms with van der Waals surface area (Å²) < 4.78 is 0. The Balaban J connectivity index is 2.29. The van der Waals surface area contributed by atoms with Crippen LogP contribution in [0.25, 0.3) is 10.8 Å². The fourth-order valence-electron chi connectivity index (χ4n) is 2.72. The smallest absolute Gasteiger partial charge is 0.0372 e. The van der Waals surface area contributed by atoms with E-state index in [-0.39, 0.29) is 0 Å². The molecule has 0 radical (unpaired) electrons. The maximum Gasteiger partial charge on any atom is 0.0372 e. The third kappa shape index (κ3) is 4.23. The van der Waals surface area contributed by atoms with Gasteiger partial charge in [-0.25, -0.2) is 0 Å². The highest BCUT2D eigenvalue weighted by Gasteiger charge is 2.07. The summed E-state index contributed by atoms with van der Waals surface area (Å²) >= 11 is 3.58. The van der Waals surface area contributed by atoms with Crippen molar-refractivity contribution in [2.24, 2.45) is 0 Å². The molecule has 1 nitrogen and oxygen atoms in total. The van der Waals surface area contributed by atoms with Crippen LogP contribution in [0.3, 0.4) is 0 Å². The summed E-state index contributed by atoms with van der Waals surface area (Å²) in [5.41, 5.74) is 2.74. The topological polar surface area (TPSA) is 3.24 Å². The number of hydrogen-bond acceptors (Lipinski definition) is 1. The van der Waals surface area contributed by atoms with Gasteiger partial charge in [0.25, 0.3) is 0 Å². The quantitative estimate of drug-likeness (QED) is 0.518. The van der Waals surface area contributed by atoms with Gasteiger partial charge < -0.3 is 4.90 Å². The third-order valence-electron chi connectivity index (χ3n) is 4.03. The van der Waals surface area contributed by atoms with E-state index >= 15 is 0 Å². The van der Waals surface area contributed by atoms with Crippen LogP contribution >= 0.6 is 15.9 Å². The monoisotopic (exact) mass is 347 g/mol. The molecule has 21 heavy (non-hydrogen) atoms. The zero-order valence-corrected chi connectivity index (χ0v) is 14.8. The van der Waals surface area contributed by atoms with Crippen LogP contribution in [-0.4, -0.2) is 13.1 Å². The van der Waals surface area contributed by atoms with Gasteiger partial charge in [0, 0.05) is 24.1 Å². The molecule has 0 saturated heterocycles. The van der Waals surface area contributed by atoms with E-state index < -0.39 is 0 Å². The first-order valence-electron chi connectivity index (χ1n) is 8.12. The van der Waals surface area contributed by atoms with Gasteiger partial charge in [-0.05, 0) is 41.3 Å². The Hall–Kier alpha value is -1.02. The van der Waals surface area contributed by atoms with Gasteiger partial charge in [-0.2, -0.15) is 0 Å². The van der Waals surface area contributed by atoms with E-state index in [0.717, 1.165) is 5.33 Å². The predicted molar refractivity (Wildman–Crippen MR) is 98.6 cm³/mol. The Morgan fingerprint density at radius 2 is 1.67 bits per heavy atom. The number of anilines is 1. The number of benzene rings is 2. The van der Waals surface area contributed by atoms with Crippen molar-refractivity contribution in [1.29, 1.82) is 0 Å². The number of alkyl halides is 1. The van der Waals surface area contributed by atoms with E-state index in [1.807, 2.05) is 0 Å². The summed E-state index contributed by atoms with van der Waals surface area (Å²) in [6.07, 6.45) is 5.04. The fraction of sp³-hybridized carbons (Fsp3) is 0.474. The van der Waals surface area contributed by atoms with Gasteiger partial charge in [-0.1, -0.05) is 66.9 Å². The zero-order chi connectivity index (χ0) is 15.1. The minimum Gasteiger partial charge on any atom is -0.372 e. The minimum atomic E-state index is 0.916. The molecule has 0 aliphatic rings. The number of nitrogens with zero attached hydrogens (tertiary/aromatic N) is 1. The molecule has 0 N–H and O–H groups in total. The predicted octanol–water partition coefficient (Wildman–Crippen LogP) is 6.14. The van der Waals surface area contributed by atoms with Crippen LogP contribution in [0.15, 0.2) is 36.4 Å². The lowest BCUT2D eigenvalue weighted by atomic mass is 10.0. The lowest BCUT2D eigenvalue weighted by Crippen LogP contribution is -2.25. The SMILES string of the molecule is CCCCN(CCCC)c1ccc2c(CBr)cccc2c1. The van der Waals surface area contributed by atoms with E-state index in [0.29, 0.717) is 0 Å². The second-order valence-electron chi connectivity index (χ2n) is 5.65. The molecular formula is C19H26BrN. The van der Waals surface area contributed by atoms with Crippen LogP contribution in [-0.2, 0) is 5.33 Å². The van der Waals surface area contributed by atoms with Crippen molar-refractivity contribution in [3.05, 3.63) is 42.0 Å². The Labute approximate surface area is 137 Å². The average Bonchev–Trinajstić information content (AvgIpc) is 2.54. The van der Waals surface area contributed by atoms with E-state index in [4.69, 9.17) is 0 Å². The first-order valence-corrected chi connectivity index (χ1v) is 9.24. The number of rotatable bonds is 8. The van der Waals surface area contributed by atoms with Crippen molar-refractivity contribution < 1.29 is 0 Å². The van der Waals surface area contributed by atoms with E-state index in [2.05, 4.69) is 71.1 Å². The number of fused-ring (bicyclic) bond motifs is 1. The highest BCUT2D eigenvalue weighted by atomic mass is 79.9. The molecule has 2 heteroatoms. The summed E-state index contributed by atoms with van der Waals surface area (Å²) in [5, 5.41) is 3.63. The fourth-order valence-corrected chi connectivity index (χ4v) is 3.21. The molecular weight excluding hydrogens is 322 g/mol. The van der Waals surface area contributed by atoms with Crippen molar-refractivity contribution in [2.45, 2.75) is 44.9 Å². The van der Waals surface area contributed by atoms with Crippen LogP contribution in [0, 0.1) is 0 Å². The standard InChI is InChI=1S/C19H26BrN/c1-3-5-12-21(13-6-4-2)18-10-11-19-16(14-18)8-7-9-17(19)15-20/h7-11,14H,3-6,12-13,15H2,1-2H3. The third-order valence-corrected chi connectivity index (χ3v) is 4.63. The molecule has 0 spiro atoms. The molecule has 0 bridgehead atoms. The van der Waals surface area contributed by atoms with Crippen molar-refractivity contribution >= 4 is 32.4 Å². The average molecular weight is 348 g/mol. The summed E-state index contributed by atoms with van der Waals surface area (Å²) in [6, 6.07) is 13.5. The number of hydrogen-bond donors (Lipinski definition) is 0. The van der Waals surface area contributed by atoms with Crippen molar-refractivity contribution in [1.82, 2.24) is 0 Å². The number of unbranched alkanes of at least 4 members (excludes halogenated alkanes) is 2. The first-order chi connectivity index (χ1) is 10.3. The van der Waals surface area contributed by atoms with Crippen LogP contribution in [0.2, 0.25) is 0 Å². The van der Waals surface area contributed by atoms with E-state index in [1.165, 1.54) is 60.8 Å². The molecule has 0 unspecified atom stereocenters.